The third-order valence-corrected chi connectivity index (χ3v) is 3.29. The number of hydrogen-bond donors (Lipinski definition) is 2. The normalized spacial score (nSPS) is 13.6. The van der Waals surface area contributed by atoms with E-state index in [9.17, 15) is 9.59 Å². The van der Waals surface area contributed by atoms with Crippen molar-refractivity contribution in [1.29, 1.82) is 0 Å². The maximum absolute atomic E-state index is 11.9. The number of carboxylic acid groups (broad SMARTS) is 1. The summed E-state index contributed by atoms with van der Waals surface area (Å²) in [6.45, 7) is 3.58. The molecule has 1 amide bonds. The van der Waals surface area contributed by atoms with Crippen LogP contribution in [0.1, 0.15) is 43.5 Å². The lowest BCUT2D eigenvalue weighted by Gasteiger charge is -2.14. The third-order valence-electron chi connectivity index (χ3n) is 3.06. The number of nitrogens with one attached hydrogen (secondary N) is 1. The Hall–Kier alpha value is -1.62. The van der Waals surface area contributed by atoms with E-state index in [-0.39, 0.29) is 17.9 Å². The molecule has 0 aliphatic heterocycles. The zero-order valence-corrected chi connectivity index (χ0v) is 12.4. The number of aliphatic carboxylic acids is 1. The van der Waals surface area contributed by atoms with Crippen molar-refractivity contribution in [1.82, 2.24) is 10.3 Å². The minimum absolute atomic E-state index is 0.0147. The Morgan fingerprint density at radius 3 is 2.60 bits per heavy atom. The van der Waals surface area contributed by atoms with Gasteiger partial charge in [0.2, 0.25) is 0 Å². The van der Waals surface area contributed by atoms with Crippen LogP contribution in [0.25, 0.3) is 0 Å². The maximum Gasteiger partial charge on any atom is 0.306 e. The topological polar surface area (TPSA) is 79.3 Å². The number of nitrogens with zero attached hydrogens (tertiary/aromatic N) is 1. The van der Waals surface area contributed by atoms with Gasteiger partial charge in [0, 0.05) is 12.2 Å². The minimum Gasteiger partial charge on any atom is -0.481 e. The zero-order chi connectivity index (χ0) is 15.1. The summed E-state index contributed by atoms with van der Waals surface area (Å²) in [7, 11) is 0. The molecule has 1 heterocycles. The molecule has 0 fully saturated rings. The molecule has 6 heteroatoms. The van der Waals surface area contributed by atoms with E-state index in [1.165, 1.54) is 6.20 Å². The van der Waals surface area contributed by atoms with Crippen molar-refractivity contribution in [2.24, 2.45) is 5.92 Å². The van der Waals surface area contributed by atoms with E-state index in [1.807, 2.05) is 6.92 Å². The molecule has 2 atom stereocenters. The lowest BCUT2D eigenvalue weighted by Crippen LogP contribution is -2.32. The van der Waals surface area contributed by atoms with E-state index >= 15 is 0 Å². The van der Waals surface area contributed by atoms with Crippen LogP contribution in [0.15, 0.2) is 18.3 Å². The van der Waals surface area contributed by atoms with Crippen molar-refractivity contribution in [3.05, 3.63) is 29.0 Å². The van der Waals surface area contributed by atoms with E-state index < -0.39 is 5.97 Å². The summed E-state index contributed by atoms with van der Waals surface area (Å²) >= 11 is 5.65. The Kier molecular flexibility index (Phi) is 6.45. The molecule has 1 aromatic heterocycles. The van der Waals surface area contributed by atoms with Crippen molar-refractivity contribution in [3.8, 4) is 0 Å². The van der Waals surface area contributed by atoms with Gasteiger partial charge in [-0.25, -0.2) is 4.98 Å². The van der Waals surface area contributed by atoms with Crippen molar-refractivity contribution in [2.75, 3.05) is 0 Å². The Labute approximate surface area is 123 Å². The van der Waals surface area contributed by atoms with Gasteiger partial charge in [0.25, 0.3) is 5.91 Å². The lowest BCUT2D eigenvalue weighted by molar-refractivity contribution is -0.141. The van der Waals surface area contributed by atoms with Crippen LogP contribution in [0.3, 0.4) is 0 Å². The third kappa shape index (κ3) is 5.57. The van der Waals surface area contributed by atoms with Gasteiger partial charge in [0.05, 0.1) is 11.5 Å². The van der Waals surface area contributed by atoms with E-state index in [4.69, 9.17) is 16.7 Å². The van der Waals surface area contributed by atoms with Crippen molar-refractivity contribution >= 4 is 23.5 Å². The number of rotatable bonds is 7. The van der Waals surface area contributed by atoms with E-state index in [2.05, 4.69) is 10.3 Å². The number of carbonyl (C=O) groups excluding carboxylic acids is 1. The number of hydrogen-bond acceptors (Lipinski definition) is 3. The summed E-state index contributed by atoms with van der Waals surface area (Å²) in [4.78, 5) is 26.4. The summed E-state index contributed by atoms with van der Waals surface area (Å²) < 4.78 is 0. The van der Waals surface area contributed by atoms with Gasteiger partial charge < -0.3 is 10.4 Å². The molecular formula is C14H19ClN2O3. The van der Waals surface area contributed by atoms with Gasteiger partial charge in [0.15, 0.2) is 0 Å². The first-order valence-corrected chi connectivity index (χ1v) is 6.93. The van der Waals surface area contributed by atoms with Crippen LogP contribution < -0.4 is 5.32 Å². The second-order valence-corrected chi connectivity index (χ2v) is 5.30. The van der Waals surface area contributed by atoms with E-state index in [0.29, 0.717) is 17.1 Å². The molecular weight excluding hydrogens is 280 g/mol. The molecule has 1 rings (SSSR count). The monoisotopic (exact) mass is 298 g/mol. The quantitative estimate of drug-likeness (QED) is 0.759. The molecule has 20 heavy (non-hydrogen) atoms. The largest absolute Gasteiger partial charge is 0.481 e. The minimum atomic E-state index is -0.783. The number of carboxylic acids is 1. The molecule has 110 valence electrons. The number of halogens is 1. The van der Waals surface area contributed by atoms with Gasteiger partial charge in [-0.3, -0.25) is 9.59 Å². The Bertz CT molecular complexity index is 462. The Morgan fingerprint density at radius 1 is 1.35 bits per heavy atom. The summed E-state index contributed by atoms with van der Waals surface area (Å²) in [5.41, 5.74) is 0.458. The molecule has 5 nitrogen and oxygen atoms in total. The van der Waals surface area contributed by atoms with Crippen LogP contribution in [-0.4, -0.2) is 28.0 Å². The highest BCUT2D eigenvalue weighted by Gasteiger charge is 2.13. The predicted octanol–water partition coefficient (Wildman–Crippen LogP) is 2.74. The van der Waals surface area contributed by atoms with Crippen molar-refractivity contribution in [2.45, 2.75) is 39.2 Å². The summed E-state index contributed by atoms with van der Waals surface area (Å²) in [5.74, 6) is -1.33. The number of pyridine rings is 1. The molecule has 0 aromatic carbocycles. The first-order valence-electron chi connectivity index (χ1n) is 6.55. The second-order valence-electron chi connectivity index (χ2n) is 4.91. The summed E-state index contributed by atoms with van der Waals surface area (Å²) in [6.07, 6.45) is 3.53. The summed E-state index contributed by atoms with van der Waals surface area (Å²) in [5, 5.41) is 12.0. The molecule has 0 spiro atoms. The molecule has 0 aliphatic carbocycles. The molecule has 0 radical (unpaired) electrons. The van der Waals surface area contributed by atoms with Crippen LogP contribution in [0.5, 0.6) is 0 Å². The van der Waals surface area contributed by atoms with Crippen LogP contribution in [0.4, 0.5) is 0 Å². The van der Waals surface area contributed by atoms with Gasteiger partial charge in [-0.05, 0) is 31.9 Å². The fourth-order valence-corrected chi connectivity index (χ4v) is 1.85. The second kappa shape index (κ2) is 7.85. The smallest absolute Gasteiger partial charge is 0.306 e. The highest BCUT2D eigenvalue weighted by molar-refractivity contribution is 6.29. The number of carbonyl (C=O) groups is 2. The number of amides is 1. The zero-order valence-electron chi connectivity index (χ0n) is 11.6. The molecule has 0 saturated carbocycles. The first kappa shape index (κ1) is 16.4. The van der Waals surface area contributed by atoms with E-state index in [1.54, 1.807) is 19.1 Å². The highest BCUT2D eigenvalue weighted by atomic mass is 35.5. The van der Waals surface area contributed by atoms with Crippen molar-refractivity contribution < 1.29 is 14.7 Å². The highest BCUT2D eigenvalue weighted by Crippen LogP contribution is 2.10. The fourth-order valence-electron chi connectivity index (χ4n) is 1.74. The van der Waals surface area contributed by atoms with Gasteiger partial charge in [-0.15, -0.1) is 0 Å². The molecule has 0 saturated heterocycles. The molecule has 2 unspecified atom stereocenters. The van der Waals surface area contributed by atoms with Crippen LogP contribution in [0, 0.1) is 5.92 Å². The number of aromatic nitrogens is 1. The standard InChI is InChI=1S/C14H19ClN2O3/c1-9(14(19)20)4-3-5-10(2)17-13(18)11-6-7-12(15)16-8-11/h6-10H,3-5H2,1-2H3,(H,17,18)(H,19,20). The summed E-state index contributed by atoms with van der Waals surface area (Å²) in [6, 6.07) is 3.17. The van der Waals surface area contributed by atoms with Gasteiger partial charge >= 0.3 is 5.97 Å². The average molecular weight is 299 g/mol. The van der Waals surface area contributed by atoms with Gasteiger partial charge in [-0.1, -0.05) is 24.9 Å². The fraction of sp³-hybridized carbons (Fsp3) is 0.500. The van der Waals surface area contributed by atoms with E-state index in [0.717, 1.165) is 12.8 Å². The SMILES string of the molecule is CC(CCCC(C)C(=O)O)NC(=O)c1ccc(Cl)nc1. The molecule has 0 aliphatic rings. The molecule has 2 N–H and O–H groups in total. The van der Waals surface area contributed by atoms with Crippen LogP contribution in [-0.2, 0) is 4.79 Å². The first-order chi connectivity index (χ1) is 9.40. The van der Waals surface area contributed by atoms with Gasteiger partial charge in [0.1, 0.15) is 5.15 Å². The van der Waals surface area contributed by atoms with Crippen molar-refractivity contribution in [3.63, 3.8) is 0 Å². The Balaban J connectivity index is 2.35. The van der Waals surface area contributed by atoms with Crippen LogP contribution >= 0.6 is 11.6 Å². The molecule has 1 aromatic rings. The maximum atomic E-state index is 11.9. The van der Waals surface area contributed by atoms with Crippen LogP contribution in [0.2, 0.25) is 5.15 Å². The van der Waals surface area contributed by atoms with Gasteiger partial charge in [-0.2, -0.15) is 0 Å². The Morgan fingerprint density at radius 2 is 2.05 bits per heavy atom. The average Bonchev–Trinajstić information content (AvgIpc) is 2.39. The lowest BCUT2D eigenvalue weighted by atomic mass is 10.0. The molecule has 0 bridgehead atoms. The predicted molar refractivity (Wildman–Crippen MR) is 76.8 cm³/mol.